The van der Waals surface area contributed by atoms with E-state index in [1.165, 1.54) is 0 Å². The first-order valence-electron chi connectivity index (χ1n) is 5.82. The summed E-state index contributed by atoms with van der Waals surface area (Å²) in [5.74, 6) is 0.969. The zero-order chi connectivity index (χ0) is 12.2. The molecular formula is C13H13N5. The van der Waals surface area contributed by atoms with Crippen LogP contribution in [0.5, 0.6) is 0 Å². The van der Waals surface area contributed by atoms with Gasteiger partial charge in [0.1, 0.15) is 5.82 Å². The molecule has 0 spiro atoms. The molecule has 3 rings (SSSR count). The van der Waals surface area contributed by atoms with Gasteiger partial charge < -0.3 is 9.55 Å². The number of nitrogens with zero attached hydrogens (tertiary/aromatic N) is 4. The second-order valence-corrected chi connectivity index (χ2v) is 4.01. The van der Waals surface area contributed by atoms with Gasteiger partial charge in [0.25, 0.3) is 0 Å². The molecule has 0 atom stereocenters. The lowest BCUT2D eigenvalue weighted by Crippen LogP contribution is -2.02. The lowest BCUT2D eigenvalue weighted by Gasteiger charge is -2.06. The van der Waals surface area contributed by atoms with Gasteiger partial charge in [-0.1, -0.05) is 0 Å². The van der Waals surface area contributed by atoms with Crippen molar-refractivity contribution in [1.29, 1.82) is 0 Å². The fraction of sp³-hybridized carbons (Fsp3) is 0.154. The van der Waals surface area contributed by atoms with Gasteiger partial charge >= 0.3 is 0 Å². The van der Waals surface area contributed by atoms with E-state index < -0.39 is 0 Å². The highest BCUT2D eigenvalue weighted by atomic mass is 15.1. The van der Waals surface area contributed by atoms with Crippen LogP contribution in [-0.2, 0) is 13.0 Å². The topological polar surface area (TPSA) is 59.4 Å². The number of aromatic amines is 1. The predicted octanol–water partition coefficient (Wildman–Crippen LogP) is 1.91. The van der Waals surface area contributed by atoms with Crippen molar-refractivity contribution in [1.82, 2.24) is 24.5 Å². The molecule has 0 aromatic carbocycles. The Morgan fingerprint density at radius 3 is 2.78 bits per heavy atom. The summed E-state index contributed by atoms with van der Waals surface area (Å²) in [7, 11) is 0. The molecule has 0 aliphatic rings. The predicted molar refractivity (Wildman–Crippen MR) is 67.7 cm³/mol. The highest BCUT2D eigenvalue weighted by Crippen LogP contribution is 2.16. The van der Waals surface area contributed by atoms with Crippen LogP contribution < -0.4 is 0 Å². The molecule has 0 aliphatic heterocycles. The summed E-state index contributed by atoms with van der Waals surface area (Å²) < 4.78 is 2.14. The van der Waals surface area contributed by atoms with Gasteiger partial charge in [0.2, 0.25) is 0 Å². The van der Waals surface area contributed by atoms with Gasteiger partial charge in [0.05, 0.1) is 6.33 Å². The highest BCUT2D eigenvalue weighted by molar-refractivity contribution is 5.54. The molecule has 0 bridgehead atoms. The number of pyridine rings is 1. The number of rotatable bonds is 4. The van der Waals surface area contributed by atoms with Crippen LogP contribution in [-0.4, -0.2) is 24.5 Å². The SMILES string of the molecule is c1cc(-c2nccn2CCc2cnc[nH]2)ccn1. The van der Waals surface area contributed by atoms with Crippen LogP contribution in [0.4, 0.5) is 0 Å². The zero-order valence-corrected chi connectivity index (χ0v) is 9.82. The average Bonchev–Trinajstić information content (AvgIpc) is 3.09. The molecule has 0 amide bonds. The van der Waals surface area contributed by atoms with Crippen LogP contribution in [0.15, 0.2) is 49.4 Å². The Kier molecular flexibility index (Phi) is 2.87. The Morgan fingerprint density at radius 2 is 2.00 bits per heavy atom. The Balaban J connectivity index is 1.80. The lowest BCUT2D eigenvalue weighted by atomic mass is 10.2. The van der Waals surface area contributed by atoms with Crippen molar-refractivity contribution in [3.8, 4) is 11.4 Å². The summed E-state index contributed by atoms with van der Waals surface area (Å²) in [5, 5.41) is 0. The van der Waals surface area contributed by atoms with Crippen LogP contribution in [0.25, 0.3) is 11.4 Å². The van der Waals surface area contributed by atoms with Gasteiger partial charge in [-0.2, -0.15) is 0 Å². The fourth-order valence-corrected chi connectivity index (χ4v) is 1.91. The summed E-state index contributed by atoms with van der Waals surface area (Å²) in [6, 6.07) is 3.93. The third-order valence-electron chi connectivity index (χ3n) is 2.83. The van der Waals surface area contributed by atoms with Crippen LogP contribution in [0.2, 0.25) is 0 Å². The van der Waals surface area contributed by atoms with Crippen LogP contribution in [0.3, 0.4) is 0 Å². The molecule has 0 saturated heterocycles. The van der Waals surface area contributed by atoms with Crippen molar-refractivity contribution in [2.45, 2.75) is 13.0 Å². The van der Waals surface area contributed by atoms with E-state index >= 15 is 0 Å². The van der Waals surface area contributed by atoms with E-state index in [2.05, 4.69) is 24.5 Å². The van der Waals surface area contributed by atoms with Gasteiger partial charge in [-0.25, -0.2) is 9.97 Å². The molecular weight excluding hydrogens is 226 g/mol. The third kappa shape index (κ3) is 2.15. The van der Waals surface area contributed by atoms with Crippen molar-refractivity contribution in [2.24, 2.45) is 0 Å². The van der Waals surface area contributed by atoms with E-state index in [-0.39, 0.29) is 0 Å². The molecule has 3 heterocycles. The number of aromatic nitrogens is 5. The van der Waals surface area contributed by atoms with E-state index in [1.54, 1.807) is 18.7 Å². The molecule has 3 aromatic rings. The number of nitrogens with one attached hydrogen (secondary N) is 1. The molecule has 1 N–H and O–H groups in total. The van der Waals surface area contributed by atoms with E-state index in [9.17, 15) is 0 Å². The molecule has 0 aliphatic carbocycles. The first-order chi connectivity index (χ1) is 8.93. The molecule has 18 heavy (non-hydrogen) atoms. The molecule has 0 saturated carbocycles. The number of hydrogen-bond donors (Lipinski definition) is 1. The maximum Gasteiger partial charge on any atom is 0.139 e. The van der Waals surface area contributed by atoms with Gasteiger partial charge in [-0.15, -0.1) is 0 Å². The summed E-state index contributed by atoms with van der Waals surface area (Å²) in [6.45, 7) is 0.875. The first kappa shape index (κ1) is 10.7. The fourth-order valence-electron chi connectivity index (χ4n) is 1.91. The minimum atomic E-state index is 0.875. The lowest BCUT2D eigenvalue weighted by molar-refractivity contribution is 0.694. The van der Waals surface area contributed by atoms with Crippen molar-refractivity contribution >= 4 is 0 Å². The van der Waals surface area contributed by atoms with Gasteiger partial charge in [0.15, 0.2) is 0 Å². The molecule has 90 valence electrons. The van der Waals surface area contributed by atoms with Gasteiger partial charge in [-0.05, 0) is 12.1 Å². The molecule has 5 nitrogen and oxygen atoms in total. The van der Waals surface area contributed by atoms with E-state index in [1.807, 2.05) is 30.7 Å². The van der Waals surface area contributed by atoms with Crippen LogP contribution in [0.1, 0.15) is 5.69 Å². The summed E-state index contributed by atoms with van der Waals surface area (Å²) in [5.41, 5.74) is 2.21. The molecule has 3 aromatic heterocycles. The monoisotopic (exact) mass is 239 g/mol. The first-order valence-corrected chi connectivity index (χ1v) is 5.82. The Morgan fingerprint density at radius 1 is 1.11 bits per heavy atom. The maximum absolute atomic E-state index is 4.40. The smallest absolute Gasteiger partial charge is 0.139 e. The van der Waals surface area contributed by atoms with Crippen LogP contribution in [0, 0.1) is 0 Å². The van der Waals surface area contributed by atoms with Gasteiger partial charge in [-0.3, -0.25) is 4.98 Å². The number of H-pyrrole nitrogens is 1. The van der Waals surface area contributed by atoms with Crippen LogP contribution >= 0.6 is 0 Å². The minimum absolute atomic E-state index is 0.875. The quantitative estimate of drug-likeness (QED) is 0.756. The van der Waals surface area contributed by atoms with E-state index in [4.69, 9.17) is 0 Å². The Hall–Kier alpha value is -2.43. The number of aryl methyl sites for hydroxylation is 2. The summed E-state index contributed by atoms with van der Waals surface area (Å²) >= 11 is 0. The van der Waals surface area contributed by atoms with E-state index in [0.29, 0.717) is 0 Å². The normalized spacial score (nSPS) is 10.7. The molecule has 0 fully saturated rings. The third-order valence-corrected chi connectivity index (χ3v) is 2.83. The maximum atomic E-state index is 4.40. The second kappa shape index (κ2) is 4.83. The van der Waals surface area contributed by atoms with Crippen molar-refractivity contribution in [2.75, 3.05) is 0 Å². The standard InChI is InChI=1S/C13H13N5/c1-4-14-5-2-11(1)13-16-6-8-18(13)7-3-12-9-15-10-17-12/h1-2,4-6,8-10H,3,7H2,(H,15,17). The largest absolute Gasteiger partial charge is 0.348 e. The minimum Gasteiger partial charge on any atom is -0.348 e. The molecule has 5 heteroatoms. The highest BCUT2D eigenvalue weighted by Gasteiger charge is 2.05. The zero-order valence-electron chi connectivity index (χ0n) is 9.82. The number of hydrogen-bond acceptors (Lipinski definition) is 3. The summed E-state index contributed by atoms with van der Waals surface area (Å²) in [6.07, 6.45) is 11.8. The van der Waals surface area contributed by atoms with Crippen molar-refractivity contribution in [3.05, 3.63) is 55.1 Å². The van der Waals surface area contributed by atoms with E-state index in [0.717, 1.165) is 30.0 Å². The molecule has 0 radical (unpaired) electrons. The van der Waals surface area contributed by atoms with Gasteiger partial charge in [0, 0.05) is 55.2 Å². The number of imidazole rings is 2. The van der Waals surface area contributed by atoms with Crippen molar-refractivity contribution in [3.63, 3.8) is 0 Å². The average molecular weight is 239 g/mol. The second-order valence-electron chi connectivity index (χ2n) is 4.01. The Labute approximate surface area is 105 Å². The van der Waals surface area contributed by atoms with Crippen molar-refractivity contribution < 1.29 is 0 Å². The molecule has 0 unspecified atom stereocenters. The summed E-state index contributed by atoms with van der Waals surface area (Å²) in [4.78, 5) is 15.5. The Bertz CT molecular complexity index is 597.